The zero-order valence-corrected chi connectivity index (χ0v) is 9.03. The van der Waals surface area contributed by atoms with Crippen LogP contribution in [0.4, 0.5) is 0 Å². The number of allylic oxidation sites excluding steroid dienone is 10. The summed E-state index contributed by atoms with van der Waals surface area (Å²) in [7, 11) is 0. The molecule has 14 heavy (non-hydrogen) atoms. The first kappa shape index (κ1) is 12.4. The minimum absolute atomic E-state index is 1.10. The molecule has 0 nitrogen and oxygen atoms in total. The zero-order chi connectivity index (χ0) is 10.8. The first-order chi connectivity index (χ1) is 6.79. The van der Waals surface area contributed by atoms with Crippen molar-refractivity contribution in [1.29, 1.82) is 0 Å². The molecule has 0 bridgehead atoms. The number of hydrogen-bond acceptors (Lipinski definition) is 0. The summed E-state index contributed by atoms with van der Waals surface area (Å²) in [5, 5.41) is 0. The highest BCUT2D eigenvalue weighted by Gasteiger charge is 1.93. The van der Waals surface area contributed by atoms with E-state index in [4.69, 9.17) is 0 Å². The summed E-state index contributed by atoms with van der Waals surface area (Å²) in [5.41, 5.74) is 2.22. The van der Waals surface area contributed by atoms with Gasteiger partial charge in [-0.15, -0.1) is 0 Å². The summed E-state index contributed by atoms with van der Waals surface area (Å²) >= 11 is 0. The van der Waals surface area contributed by atoms with E-state index in [0.717, 1.165) is 11.1 Å². The maximum Gasteiger partial charge on any atom is -0.0188 e. The molecular weight excluding hydrogens is 168 g/mol. The summed E-state index contributed by atoms with van der Waals surface area (Å²) in [4.78, 5) is 0. The van der Waals surface area contributed by atoms with Crippen LogP contribution in [-0.4, -0.2) is 0 Å². The molecule has 0 heterocycles. The van der Waals surface area contributed by atoms with Crippen LogP contribution in [0, 0.1) is 0 Å². The second-order valence-corrected chi connectivity index (χ2v) is 2.71. The minimum atomic E-state index is 1.10. The van der Waals surface area contributed by atoms with Gasteiger partial charge in [-0.3, -0.25) is 0 Å². The molecule has 0 amide bonds. The van der Waals surface area contributed by atoms with E-state index in [1.54, 1.807) is 6.08 Å². The first-order valence-electron chi connectivity index (χ1n) is 4.71. The van der Waals surface area contributed by atoms with E-state index >= 15 is 0 Å². The van der Waals surface area contributed by atoms with Crippen molar-refractivity contribution in [3.63, 3.8) is 0 Å². The Morgan fingerprint density at radius 2 is 1.64 bits per heavy atom. The fraction of sp³-hybridized carbons (Fsp3) is 0.143. The Morgan fingerprint density at radius 1 is 0.929 bits per heavy atom. The molecule has 0 saturated carbocycles. The third-order valence-electron chi connectivity index (χ3n) is 1.67. The zero-order valence-electron chi connectivity index (χ0n) is 9.03. The van der Waals surface area contributed by atoms with Gasteiger partial charge in [0, 0.05) is 0 Å². The van der Waals surface area contributed by atoms with Crippen LogP contribution in [-0.2, 0) is 0 Å². The Labute approximate surface area is 87.3 Å². The molecule has 0 rings (SSSR count). The Kier molecular flexibility index (Phi) is 7.16. The largest absolute Gasteiger partial charge is 0.0990 e. The van der Waals surface area contributed by atoms with Crippen molar-refractivity contribution in [2.45, 2.75) is 13.8 Å². The average Bonchev–Trinajstić information content (AvgIpc) is 2.19. The Bertz CT molecular complexity index is 296. The molecular formula is C14H18. The van der Waals surface area contributed by atoms with E-state index in [9.17, 15) is 0 Å². The highest BCUT2D eigenvalue weighted by atomic mass is 14.0. The summed E-state index contributed by atoms with van der Waals surface area (Å²) in [6, 6.07) is 0. The number of rotatable bonds is 5. The molecule has 0 radical (unpaired) electrons. The van der Waals surface area contributed by atoms with Gasteiger partial charge in [0.2, 0.25) is 0 Å². The lowest BCUT2D eigenvalue weighted by molar-refractivity contribution is 1.52. The van der Waals surface area contributed by atoms with E-state index in [1.165, 1.54) is 0 Å². The maximum absolute atomic E-state index is 3.79. The summed E-state index contributed by atoms with van der Waals surface area (Å²) in [6.07, 6.45) is 15.7. The molecule has 0 aliphatic carbocycles. The molecule has 0 aromatic carbocycles. The molecule has 0 spiro atoms. The van der Waals surface area contributed by atoms with Crippen molar-refractivity contribution >= 4 is 0 Å². The third-order valence-corrected chi connectivity index (χ3v) is 1.67. The predicted molar refractivity (Wildman–Crippen MR) is 66.2 cm³/mol. The predicted octanol–water partition coefficient (Wildman–Crippen LogP) is 4.36. The van der Waals surface area contributed by atoms with Crippen LogP contribution in [0.15, 0.2) is 72.9 Å². The normalized spacial score (nSPS) is 13.9. The lowest BCUT2D eigenvalue weighted by atomic mass is 10.0. The monoisotopic (exact) mass is 186 g/mol. The van der Waals surface area contributed by atoms with Crippen LogP contribution in [0.3, 0.4) is 0 Å². The van der Waals surface area contributed by atoms with Crippen molar-refractivity contribution in [2.24, 2.45) is 0 Å². The van der Waals surface area contributed by atoms with Gasteiger partial charge in [0.1, 0.15) is 0 Å². The third kappa shape index (κ3) is 4.46. The van der Waals surface area contributed by atoms with E-state index in [1.807, 2.05) is 56.4 Å². The van der Waals surface area contributed by atoms with E-state index in [2.05, 4.69) is 13.2 Å². The summed E-state index contributed by atoms with van der Waals surface area (Å²) < 4.78 is 0. The molecule has 0 atom stereocenters. The van der Waals surface area contributed by atoms with Crippen LogP contribution >= 0.6 is 0 Å². The number of hydrogen-bond donors (Lipinski definition) is 0. The Balaban J connectivity index is 5.04. The van der Waals surface area contributed by atoms with Gasteiger partial charge in [-0.05, 0) is 25.0 Å². The quantitative estimate of drug-likeness (QED) is 0.559. The second-order valence-electron chi connectivity index (χ2n) is 2.71. The first-order valence-corrected chi connectivity index (χ1v) is 4.71. The van der Waals surface area contributed by atoms with E-state index < -0.39 is 0 Å². The van der Waals surface area contributed by atoms with Gasteiger partial charge in [-0.1, -0.05) is 61.8 Å². The van der Waals surface area contributed by atoms with E-state index in [0.29, 0.717) is 0 Å². The second kappa shape index (κ2) is 8.06. The van der Waals surface area contributed by atoms with Crippen LogP contribution in [0.2, 0.25) is 0 Å². The van der Waals surface area contributed by atoms with Gasteiger partial charge in [0.05, 0.1) is 0 Å². The Hall–Kier alpha value is -1.56. The smallest absolute Gasteiger partial charge is 0.0188 e. The van der Waals surface area contributed by atoms with Crippen molar-refractivity contribution in [2.75, 3.05) is 0 Å². The van der Waals surface area contributed by atoms with Crippen molar-refractivity contribution in [3.8, 4) is 0 Å². The standard InChI is InChI=1S/C14H18/c1-5-9-12-13(8-4)14(10-6-2)11-7-3/h5-12H,2,4H2,1,3H3/b9-5-,11-7-,13-12+,14-10+. The van der Waals surface area contributed by atoms with Crippen LogP contribution in [0.1, 0.15) is 13.8 Å². The van der Waals surface area contributed by atoms with Crippen LogP contribution in [0.5, 0.6) is 0 Å². The van der Waals surface area contributed by atoms with Crippen LogP contribution < -0.4 is 0 Å². The summed E-state index contributed by atoms with van der Waals surface area (Å²) in [5.74, 6) is 0. The van der Waals surface area contributed by atoms with Crippen molar-refractivity contribution in [1.82, 2.24) is 0 Å². The lowest BCUT2D eigenvalue weighted by Crippen LogP contribution is -1.81. The van der Waals surface area contributed by atoms with Gasteiger partial charge in [0.15, 0.2) is 0 Å². The van der Waals surface area contributed by atoms with E-state index in [-0.39, 0.29) is 0 Å². The minimum Gasteiger partial charge on any atom is -0.0990 e. The molecule has 0 fully saturated rings. The van der Waals surface area contributed by atoms with Gasteiger partial charge >= 0.3 is 0 Å². The highest BCUT2D eigenvalue weighted by Crippen LogP contribution is 2.13. The average molecular weight is 186 g/mol. The SMILES string of the molecule is C=C/C=C(\C=C/C)C(/C=C)=C/C=C\C. The molecule has 0 aromatic heterocycles. The van der Waals surface area contributed by atoms with Crippen LogP contribution in [0.25, 0.3) is 0 Å². The van der Waals surface area contributed by atoms with Gasteiger partial charge in [-0.2, -0.15) is 0 Å². The molecule has 0 unspecified atom stereocenters. The molecule has 0 heteroatoms. The fourth-order valence-corrected chi connectivity index (χ4v) is 1.04. The molecule has 0 aromatic rings. The maximum atomic E-state index is 3.79. The molecule has 0 N–H and O–H groups in total. The van der Waals surface area contributed by atoms with Crippen molar-refractivity contribution < 1.29 is 0 Å². The fourth-order valence-electron chi connectivity index (χ4n) is 1.04. The lowest BCUT2D eigenvalue weighted by Gasteiger charge is -2.00. The Morgan fingerprint density at radius 3 is 2.07 bits per heavy atom. The highest BCUT2D eigenvalue weighted by molar-refractivity contribution is 5.48. The molecule has 0 aliphatic rings. The molecule has 0 aliphatic heterocycles. The molecule has 0 saturated heterocycles. The van der Waals surface area contributed by atoms with Gasteiger partial charge in [0.25, 0.3) is 0 Å². The topological polar surface area (TPSA) is 0 Å². The van der Waals surface area contributed by atoms with Gasteiger partial charge < -0.3 is 0 Å². The van der Waals surface area contributed by atoms with Crippen molar-refractivity contribution in [3.05, 3.63) is 72.9 Å². The van der Waals surface area contributed by atoms with Gasteiger partial charge in [-0.25, -0.2) is 0 Å². The summed E-state index contributed by atoms with van der Waals surface area (Å²) in [6.45, 7) is 11.5. The molecule has 74 valence electrons.